The van der Waals surface area contributed by atoms with Crippen LogP contribution in [0.1, 0.15) is 44.0 Å². The van der Waals surface area contributed by atoms with Gasteiger partial charge < -0.3 is 10.7 Å². The van der Waals surface area contributed by atoms with Gasteiger partial charge in [-0.25, -0.2) is 8.78 Å². The van der Waals surface area contributed by atoms with Crippen molar-refractivity contribution in [2.75, 3.05) is 5.43 Å². The number of nitrogens with one attached hydrogen (secondary N) is 2. The number of benzene rings is 1. The van der Waals surface area contributed by atoms with E-state index < -0.39 is 23.2 Å². The van der Waals surface area contributed by atoms with Gasteiger partial charge in [0.1, 0.15) is 5.69 Å². The van der Waals surface area contributed by atoms with E-state index >= 15 is 0 Å². The highest BCUT2D eigenvalue weighted by Gasteiger charge is 2.16. The molecule has 1 rings (SSSR count). The molecule has 4 nitrogen and oxygen atoms in total. The van der Waals surface area contributed by atoms with Gasteiger partial charge in [-0.3, -0.25) is 10.6 Å². The molecule has 0 aliphatic rings. The summed E-state index contributed by atoms with van der Waals surface area (Å²) >= 11 is 0. The fourth-order valence-corrected chi connectivity index (χ4v) is 1.98. The van der Waals surface area contributed by atoms with Crippen LogP contribution in [0.4, 0.5) is 14.5 Å². The van der Waals surface area contributed by atoms with Crippen molar-refractivity contribution in [2.24, 2.45) is 11.8 Å². The van der Waals surface area contributed by atoms with E-state index in [-0.39, 0.29) is 11.6 Å². The molecule has 1 aromatic rings. The first-order valence-electron chi connectivity index (χ1n) is 6.65. The van der Waals surface area contributed by atoms with Crippen molar-refractivity contribution in [3.63, 3.8) is 0 Å². The number of hydrazine groups is 1. The average molecular weight is 285 g/mol. The van der Waals surface area contributed by atoms with Crippen LogP contribution < -0.4 is 16.6 Å². The summed E-state index contributed by atoms with van der Waals surface area (Å²) < 4.78 is 27.0. The van der Waals surface area contributed by atoms with Crippen LogP contribution in [0.3, 0.4) is 0 Å². The zero-order valence-electron chi connectivity index (χ0n) is 12.0. The highest BCUT2D eigenvalue weighted by Crippen LogP contribution is 2.20. The molecule has 0 aliphatic carbocycles. The lowest BCUT2D eigenvalue weighted by molar-refractivity contribution is 0.0934. The van der Waals surface area contributed by atoms with E-state index in [2.05, 4.69) is 19.2 Å². The van der Waals surface area contributed by atoms with Crippen molar-refractivity contribution in [3.8, 4) is 0 Å². The first-order chi connectivity index (χ1) is 9.38. The van der Waals surface area contributed by atoms with Crippen molar-refractivity contribution in [3.05, 3.63) is 29.3 Å². The predicted octanol–water partition coefficient (Wildman–Crippen LogP) is 2.80. The number of amides is 1. The van der Waals surface area contributed by atoms with Crippen molar-refractivity contribution in [2.45, 2.75) is 39.7 Å². The fraction of sp³-hybridized carbons (Fsp3) is 0.500. The van der Waals surface area contributed by atoms with Crippen molar-refractivity contribution in [1.82, 2.24) is 5.32 Å². The first-order valence-corrected chi connectivity index (χ1v) is 6.65. The van der Waals surface area contributed by atoms with Gasteiger partial charge in [0, 0.05) is 11.6 Å². The Morgan fingerprint density at radius 2 is 1.85 bits per heavy atom. The van der Waals surface area contributed by atoms with E-state index in [0.29, 0.717) is 5.92 Å². The summed E-state index contributed by atoms with van der Waals surface area (Å²) in [6.07, 6.45) is 1.83. The molecule has 0 fully saturated rings. The van der Waals surface area contributed by atoms with E-state index in [4.69, 9.17) is 5.84 Å². The molecule has 20 heavy (non-hydrogen) atoms. The topological polar surface area (TPSA) is 67.2 Å². The highest BCUT2D eigenvalue weighted by molar-refractivity contribution is 5.94. The molecule has 0 saturated carbocycles. The summed E-state index contributed by atoms with van der Waals surface area (Å²) in [5.74, 6) is 3.18. The van der Waals surface area contributed by atoms with Crippen molar-refractivity contribution in [1.29, 1.82) is 0 Å². The largest absolute Gasteiger partial charge is 0.350 e. The van der Waals surface area contributed by atoms with Crippen LogP contribution >= 0.6 is 0 Å². The molecule has 2 atom stereocenters. The number of nitrogen functional groups attached to an aromatic ring is 1. The molecule has 0 heterocycles. The Morgan fingerprint density at radius 3 is 2.30 bits per heavy atom. The Bertz CT molecular complexity index is 456. The molecule has 0 spiro atoms. The second kappa shape index (κ2) is 7.19. The maximum atomic E-state index is 13.5. The summed E-state index contributed by atoms with van der Waals surface area (Å²) in [5.41, 5.74) is 1.41. The zero-order valence-corrected chi connectivity index (χ0v) is 12.0. The SMILES string of the molecule is CCC(C)CC(C)NC(=O)c1cc(F)c(NN)c(F)c1. The van der Waals surface area contributed by atoms with Gasteiger partial charge in [-0.05, 0) is 31.4 Å². The predicted molar refractivity (Wildman–Crippen MR) is 75.2 cm³/mol. The fourth-order valence-electron chi connectivity index (χ4n) is 1.98. The Labute approximate surface area is 117 Å². The van der Waals surface area contributed by atoms with Gasteiger partial charge in [0.25, 0.3) is 5.91 Å². The van der Waals surface area contributed by atoms with Gasteiger partial charge in [-0.1, -0.05) is 20.3 Å². The van der Waals surface area contributed by atoms with E-state index in [1.54, 1.807) is 0 Å². The minimum absolute atomic E-state index is 0.0594. The number of rotatable bonds is 6. The first kappa shape index (κ1) is 16.4. The summed E-state index contributed by atoms with van der Waals surface area (Å²) in [6, 6.07) is 1.86. The van der Waals surface area contributed by atoms with Gasteiger partial charge in [-0.15, -0.1) is 0 Å². The number of hydrogen-bond donors (Lipinski definition) is 3. The molecule has 2 unspecified atom stereocenters. The van der Waals surface area contributed by atoms with Crippen LogP contribution in [0.25, 0.3) is 0 Å². The molecule has 112 valence electrons. The van der Waals surface area contributed by atoms with E-state index in [1.807, 2.05) is 12.3 Å². The second-order valence-corrected chi connectivity index (χ2v) is 5.08. The summed E-state index contributed by atoms with van der Waals surface area (Å²) in [4.78, 5) is 11.9. The standard InChI is InChI=1S/C14H21F2N3O/c1-4-8(2)5-9(3)18-14(20)10-6-11(15)13(19-17)12(16)7-10/h6-9,19H,4-5,17H2,1-3H3,(H,18,20). The van der Waals surface area contributed by atoms with Crippen LogP contribution in [0, 0.1) is 17.6 Å². The minimum Gasteiger partial charge on any atom is -0.350 e. The molecule has 0 radical (unpaired) electrons. The van der Waals surface area contributed by atoms with E-state index in [0.717, 1.165) is 25.0 Å². The van der Waals surface area contributed by atoms with Gasteiger partial charge in [0.05, 0.1) is 0 Å². The Balaban J connectivity index is 2.78. The number of hydrogen-bond acceptors (Lipinski definition) is 3. The van der Waals surface area contributed by atoms with Crippen LogP contribution in [0.2, 0.25) is 0 Å². The quantitative estimate of drug-likeness (QED) is 0.556. The summed E-state index contributed by atoms with van der Waals surface area (Å²) in [6.45, 7) is 6.03. The number of anilines is 1. The van der Waals surface area contributed by atoms with E-state index in [9.17, 15) is 13.6 Å². The van der Waals surface area contributed by atoms with Crippen molar-refractivity contribution < 1.29 is 13.6 Å². The smallest absolute Gasteiger partial charge is 0.251 e. The molecule has 0 aromatic heterocycles. The molecule has 0 bridgehead atoms. The number of halogens is 2. The molecule has 0 saturated heterocycles. The Hall–Kier alpha value is -1.69. The lowest BCUT2D eigenvalue weighted by Gasteiger charge is -2.17. The van der Waals surface area contributed by atoms with Gasteiger partial charge in [-0.2, -0.15) is 0 Å². The average Bonchev–Trinajstić information content (AvgIpc) is 2.37. The maximum Gasteiger partial charge on any atom is 0.251 e. The van der Waals surface area contributed by atoms with Gasteiger partial charge in [0.15, 0.2) is 11.6 Å². The van der Waals surface area contributed by atoms with Crippen LogP contribution in [-0.2, 0) is 0 Å². The molecule has 6 heteroatoms. The monoisotopic (exact) mass is 285 g/mol. The molecule has 4 N–H and O–H groups in total. The maximum absolute atomic E-state index is 13.5. The molecule has 0 aliphatic heterocycles. The van der Waals surface area contributed by atoms with Crippen LogP contribution in [0.5, 0.6) is 0 Å². The lowest BCUT2D eigenvalue weighted by Crippen LogP contribution is -2.34. The normalized spacial score (nSPS) is 13.7. The highest BCUT2D eigenvalue weighted by atomic mass is 19.1. The molecular formula is C14H21F2N3O. The summed E-state index contributed by atoms with van der Waals surface area (Å²) in [7, 11) is 0. The number of nitrogens with two attached hydrogens (primary N) is 1. The third-order valence-electron chi connectivity index (χ3n) is 3.28. The van der Waals surface area contributed by atoms with Crippen LogP contribution in [0.15, 0.2) is 12.1 Å². The molecule has 1 amide bonds. The summed E-state index contributed by atoms with van der Waals surface area (Å²) in [5, 5.41) is 2.73. The molecule has 1 aromatic carbocycles. The third kappa shape index (κ3) is 4.16. The van der Waals surface area contributed by atoms with Crippen molar-refractivity contribution >= 4 is 11.6 Å². The minimum atomic E-state index is -0.896. The zero-order chi connectivity index (χ0) is 15.3. The second-order valence-electron chi connectivity index (χ2n) is 5.08. The molecular weight excluding hydrogens is 264 g/mol. The van der Waals surface area contributed by atoms with E-state index in [1.165, 1.54) is 0 Å². The Morgan fingerprint density at radius 1 is 1.30 bits per heavy atom. The van der Waals surface area contributed by atoms with Gasteiger partial charge in [0.2, 0.25) is 0 Å². The Kier molecular flexibility index (Phi) is 5.88. The van der Waals surface area contributed by atoms with Crippen LogP contribution in [-0.4, -0.2) is 11.9 Å². The van der Waals surface area contributed by atoms with Gasteiger partial charge >= 0.3 is 0 Å². The number of carbonyl (C=O) groups excluding carboxylic acids is 1. The number of carbonyl (C=O) groups is 1. The third-order valence-corrected chi connectivity index (χ3v) is 3.28. The lowest BCUT2D eigenvalue weighted by atomic mass is 10.00.